The first kappa shape index (κ1) is 14.3. The molecule has 106 valence electrons. The Morgan fingerprint density at radius 3 is 2.68 bits per heavy atom. The van der Waals surface area contributed by atoms with Gasteiger partial charge < -0.3 is 15.3 Å². The highest BCUT2D eigenvalue weighted by Crippen LogP contribution is 2.28. The molecule has 0 unspecified atom stereocenters. The first-order chi connectivity index (χ1) is 8.94. The highest BCUT2D eigenvalue weighted by molar-refractivity contribution is 5.55. The van der Waals surface area contributed by atoms with Gasteiger partial charge in [0.15, 0.2) is 0 Å². The van der Waals surface area contributed by atoms with E-state index >= 15 is 0 Å². The summed E-state index contributed by atoms with van der Waals surface area (Å²) in [5, 5.41) is 12.9. The van der Waals surface area contributed by atoms with Gasteiger partial charge in [-0.05, 0) is 50.5 Å². The van der Waals surface area contributed by atoms with Crippen LogP contribution in [0.5, 0.6) is 0 Å². The number of likely N-dealkylation sites (N-methyl/N-ethyl adjacent to an activating group) is 1. The molecular formula is C15H23FN2O. The molecule has 1 aliphatic carbocycles. The van der Waals surface area contributed by atoms with Crippen molar-refractivity contribution in [1.82, 2.24) is 5.32 Å². The van der Waals surface area contributed by atoms with Gasteiger partial charge in [-0.3, -0.25) is 0 Å². The van der Waals surface area contributed by atoms with Crippen LogP contribution < -0.4 is 10.2 Å². The van der Waals surface area contributed by atoms with Gasteiger partial charge in [-0.15, -0.1) is 0 Å². The van der Waals surface area contributed by atoms with Crippen molar-refractivity contribution < 1.29 is 9.50 Å². The van der Waals surface area contributed by atoms with Crippen LogP contribution in [-0.2, 0) is 6.54 Å². The van der Waals surface area contributed by atoms with E-state index in [0.717, 1.165) is 11.3 Å². The van der Waals surface area contributed by atoms with Crippen LogP contribution in [0.1, 0.15) is 32.3 Å². The van der Waals surface area contributed by atoms with Gasteiger partial charge in [0.2, 0.25) is 0 Å². The normalized spacial score (nSPS) is 15.6. The molecule has 1 aromatic carbocycles. The Morgan fingerprint density at radius 1 is 1.42 bits per heavy atom. The van der Waals surface area contributed by atoms with E-state index in [-0.39, 0.29) is 18.0 Å². The second-order valence-electron chi connectivity index (χ2n) is 5.96. The molecule has 0 radical (unpaired) electrons. The van der Waals surface area contributed by atoms with Gasteiger partial charge >= 0.3 is 0 Å². The van der Waals surface area contributed by atoms with E-state index in [1.165, 1.54) is 18.9 Å². The monoisotopic (exact) mass is 266 g/mol. The van der Waals surface area contributed by atoms with Gasteiger partial charge in [0.05, 0.1) is 12.1 Å². The van der Waals surface area contributed by atoms with E-state index in [9.17, 15) is 9.50 Å². The second-order valence-corrected chi connectivity index (χ2v) is 5.96. The molecule has 0 atom stereocenters. The Kier molecular flexibility index (Phi) is 4.11. The molecule has 2 rings (SSSR count). The number of halogens is 1. The molecule has 0 aliphatic heterocycles. The quantitative estimate of drug-likeness (QED) is 0.829. The fourth-order valence-electron chi connectivity index (χ4n) is 2.00. The number of benzene rings is 1. The van der Waals surface area contributed by atoms with Gasteiger partial charge in [0.25, 0.3) is 0 Å². The lowest BCUT2D eigenvalue weighted by Crippen LogP contribution is -2.45. The maximum absolute atomic E-state index is 13.4. The molecule has 19 heavy (non-hydrogen) atoms. The van der Waals surface area contributed by atoms with Crippen LogP contribution in [-0.4, -0.2) is 30.3 Å². The first-order valence-corrected chi connectivity index (χ1v) is 6.80. The summed E-state index contributed by atoms with van der Waals surface area (Å²) in [4.78, 5) is 2.01. The Hall–Kier alpha value is -1.13. The van der Waals surface area contributed by atoms with Crippen molar-refractivity contribution in [1.29, 1.82) is 0 Å². The number of anilines is 1. The molecule has 4 heteroatoms. The third-order valence-corrected chi connectivity index (χ3v) is 3.86. The van der Waals surface area contributed by atoms with E-state index in [4.69, 9.17) is 0 Å². The second kappa shape index (κ2) is 5.47. The van der Waals surface area contributed by atoms with E-state index in [2.05, 4.69) is 5.32 Å². The maximum atomic E-state index is 13.4. The number of rotatable bonds is 6. The molecule has 0 heterocycles. The highest BCUT2D eigenvalue weighted by atomic mass is 19.1. The molecule has 1 saturated carbocycles. The first-order valence-electron chi connectivity index (χ1n) is 6.80. The predicted octanol–water partition coefficient (Wildman–Crippen LogP) is 2.28. The summed E-state index contributed by atoms with van der Waals surface area (Å²) in [5.41, 5.74) is 1.54. The number of nitrogens with zero attached hydrogens (tertiary/aromatic N) is 1. The van der Waals surface area contributed by atoms with E-state index in [1.807, 2.05) is 25.8 Å². The average Bonchev–Trinajstić information content (AvgIpc) is 3.19. The summed E-state index contributed by atoms with van der Waals surface area (Å²) >= 11 is 0. The van der Waals surface area contributed by atoms with Crippen LogP contribution >= 0.6 is 0 Å². The summed E-state index contributed by atoms with van der Waals surface area (Å²) in [6, 6.07) is 5.43. The van der Waals surface area contributed by atoms with Gasteiger partial charge in [-0.2, -0.15) is 0 Å². The number of nitrogens with one attached hydrogen (secondary N) is 1. The van der Waals surface area contributed by atoms with Gasteiger partial charge in [0.1, 0.15) is 5.82 Å². The molecule has 0 saturated heterocycles. The summed E-state index contributed by atoms with van der Waals surface area (Å²) in [5.74, 6) is -0.216. The van der Waals surface area contributed by atoms with Crippen molar-refractivity contribution in [3.63, 3.8) is 0 Å². The van der Waals surface area contributed by atoms with Crippen molar-refractivity contribution in [2.24, 2.45) is 0 Å². The summed E-state index contributed by atoms with van der Waals surface area (Å²) in [6.45, 7) is 4.66. The molecule has 1 aliphatic rings. The third-order valence-electron chi connectivity index (χ3n) is 3.86. The molecule has 1 fully saturated rings. The minimum absolute atomic E-state index is 0.0520. The van der Waals surface area contributed by atoms with Crippen LogP contribution in [0, 0.1) is 5.82 Å². The van der Waals surface area contributed by atoms with Crippen LogP contribution in [0.15, 0.2) is 18.2 Å². The molecule has 0 spiro atoms. The molecular weight excluding hydrogens is 243 g/mol. The SMILES string of the molecule is CN(c1ccc(F)cc1CNC1CC1)C(C)(C)CO. The summed E-state index contributed by atoms with van der Waals surface area (Å²) in [7, 11) is 1.93. The minimum atomic E-state index is -0.369. The number of hydrogen-bond acceptors (Lipinski definition) is 3. The zero-order valence-electron chi connectivity index (χ0n) is 11.9. The fourth-order valence-corrected chi connectivity index (χ4v) is 2.00. The lowest BCUT2D eigenvalue weighted by Gasteiger charge is -2.37. The Labute approximate surface area is 114 Å². The van der Waals surface area contributed by atoms with E-state index in [1.54, 1.807) is 12.1 Å². The molecule has 2 N–H and O–H groups in total. The number of aliphatic hydroxyl groups is 1. The molecule has 3 nitrogen and oxygen atoms in total. The van der Waals surface area contributed by atoms with Gasteiger partial charge in [-0.1, -0.05) is 0 Å². The predicted molar refractivity (Wildman–Crippen MR) is 75.8 cm³/mol. The maximum Gasteiger partial charge on any atom is 0.123 e. The van der Waals surface area contributed by atoms with E-state index in [0.29, 0.717) is 12.6 Å². The number of hydrogen-bond donors (Lipinski definition) is 2. The van der Waals surface area contributed by atoms with Crippen molar-refractivity contribution in [3.05, 3.63) is 29.6 Å². The van der Waals surface area contributed by atoms with Crippen LogP contribution in [0.4, 0.5) is 10.1 Å². The Morgan fingerprint density at radius 2 is 2.11 bits per heavy atom. The Bertz CT molecular complexity index is 444. The standard InChI is InChI=1S/C15H23FN2O/c1-15(2,10-19)18(3)14-7-4-12(16)8-11(14)9-17-13-5-6-13/h4,7-8,13,17,19H,5-6,9-10H2,1-3H3. The molecule has 1 aromatic rings. The summed E-state index contributed by atoms with van der Waals surface area (Å²) in [6.07, 6.45) is 2.42. The van der Waals surface area contributed by atoms with Gasteiger partial charge in [0, 0.05) is 25.3 Å². The minimum Gasteiger partial charge on any atom is -0.394 e. The highest BCUT2D eigenvalue weighted by Gasteiger charge is 2.26. The lowest BCUT2D eigenvalue weighted by atomic mass is 10.0. The zero-order chi connectivity index (χ0) is 14.0. The Balaban J connectivity index is 2.21. The summed E-state index contributed by atoms with van der Waals surface area (Å²) < 4.78 is 13.4. The van der Waals surface area contributed by atoms with Crippen molar-refractivity contribution in [2.75, 3.05) is 18.6 Å². The smallest absolute Gasteiger partial charge is 0.123 e. The lowest BCUT2D eigenvalue weighted by molar-refractivity contribution is 0.216. The van der Waals surface area contributed by atoms with Crippen molar-refractivity contribution in [2.45, 2.75) is 44.8 Å². The average molecular weight is 266 g/mol. The van der Waals surface area contributed by atoms with Crippen molar-refractivity contribution >= 4 is 5.69 Å². The van der Waals surface area contributed by atoms with Gasteiger partial charge in [-0.25, -0.2) is 4.39 Å². The third kappa shape index (κ3) is 3.45. The molecule has 0 amide bonds. The molecule has 0 aromatic heterocycles. The molecule has 0 bridgehead atoms. The van der Waals surface area contributed by atoms with Crippen molar-refractivity contribution in [3.8, 4) is 0 Å². The van der Waals surface area contributed by atoms with Crippen LogP contribution in [0.25, 0.3) is 0 Å². The van der Waals surface area contributed by atoms with E-state index < -0.39 is 0 Å². The zero-order valence-corrected chi connectivity index (χ0v) is 11.9. The topological polar surface area (TPSA) is 35.5 Å². The number of aliphatic hydroxyl groups excluding tert-OH is 1. The fraction of sp³-hybridized carbons (Fsp3) is 0.600. The van der Waals surface area contributed by atoms with Crippen LogP contribution in [0.2, 0.25) is 0 Å². The van der Waals surface area contributed by atoms with Crippen LogP contribution in [0.3, 0.4) is 0 Å². The largest absolute Gasteiger partial charge is 0.394 e.